The molecule has 1 aliphatic heterocycles. The molecule has 0 atom stereocenters. The summed E-state index contributed by atoms with van der Waals surface area (Å²) in [5, 5.41) is 17.1. The zero-order valence-corrected chi connectivity index (χ0v) is 11.8. The molecule has 0 spiro atoms. The Labute approximate surface area is 118 Å². The molecular formula is C13H21N5O2. The highest BCUT2D eigenvalue weighted by atomic mass is 16.4. The highest BCUT2D eigenvalue weighted by Gasteiger charge is 2.33. The van der Waals surface area contributed by atoms with Crippen LogP contribution in [0.3, 0.4) is 0 Å². The largest absolute Gasteiger partial charge is 0.476 e. The lowest BCUT2D eigenvalue weighted by Gasteiger charge is -2.32. The number of piperazine rings is 1. The maximum absolute atomic E-state index is 11.2. The lowest BCUT2D eigenvalue weighted by Crippen LogP contribution is -2.45. The number of rotatable bonds is 5. The number of carboxylic acids is 1. The molecule has 110 valence electrons. The molecule has 3 rings (SSSR count). The fraction of sp³-hybridized carbons (Fsp3) is 0.769. The maximum Gasteiger partial charge on any atom is 0.358 e. The van der Waals surface area contributed by atoms with Crippen LogP contribution in [-0.2, 0) is 6.54 Å². The lowest BCUT2D eigenvalue weighted by atomic mass is 10.2. The number of aromatic nitrogens is 3. The molecule has 7 nitrogen and oxygen atoms in total. The molecule has 2 fully saturated rings. The van der Waals surface area contributed by atoms with Crippen LogP contribution in [0.4, 0.5) is 0 Å². The molecule has 1 aromatic rings. The molecule has 1 aliphatic carbocycles. The number of nitrogens with zero attached hydrogens (tertiary/aromatic N) is 5. The topological polar surface area (TPSA) is 74.5 Å². The van der Waals surface area contributed by atoms with Gasteiger partial charge in [-0.15, -0.1) is 5.10 Å². The Hall–Kier alpha value is -1.47. The Morgan fingerprint density at radius 2 is 1.95 bits per heavy atom. The predicted octanol–water partition coefficient (Wildman–Crippen LogP) is 0.101. The van der Waals surface area contributed by atoms with E-state index in [1.54, 1.807) is 4.68 Å². The van der Waals surface area contributed by atoms with Crippen molar-refractivity contribution in [2.24, 2.45) is 0 Å². The van der Waals surface area contributed by atoms with Crippen LogP contribution in [0.5, 0.6) is 0 Å². The Morgan fingerprint density at radius 1 is 1.25 bits per heavy atom. The van der Waals surface area contributed by atoms with Crippen LogP contribution in [0.1, 0.15) is 34.9 Å². The normalized spacial score (nSPS) is 21.2. The molecule has 2 heterocycles. The monoisotopic (exact) mass is 279 g/mol. The van der Waals surface area contributed by atoms with E-state index in [1.165, 1.54) is 0 Å². The maximum atomic E-state index is 11.2. The summed E-state index contributed by atoms with van der Waals surface area (Å²) >= 11 is 0. The lowest BCUT2D eigenvalue weighted by molar-refractivity contribution is 0.0689. The van der Waals surface area contributed by atoms with Gasteiger partial charge in [-0.3, -0.25) is 4.90 Å². The van der Waals surface area contributed by atoms with Gasteiger partial charge >= 0.3 is 5.97 Å². The van der Waals surface area contributed by atoms with Gasteiger partial charge in [0, 0.05) is 38.6 Å². The molecule has 0 aromatic carbocycles. The van der Waals surface area contributed by atoms with Crippen LogP contribution in [0.15, 0.2) is 0 Å². The number of likely N-dealkylation sites (N-methyl/N-ethyl adjacent to an activating group) is 1. The molecule has 1 saturated carbocycles. The standard InChI is InChI=1S/C13H21N5O2/c1-16-4-6-17(7-5-16)8-9-18-12(10-2-3-10)11(13(19)20)14-15-18/h10H,2-9H2,1H3,(H,19,20). The number of hydrogen-bond donors (Lipinski definition) is 1. The van der Waals surface area contributed by atoms with Gasteiger partial charge in [-0.25, -0.2) is 9.48 Å². The van der Waals surface area contributed by atoms with E-state index in [-0.39, 0.29) is 5.69 Å². The Kier molecular flexibility index (Phi) is 3.71. The first-order chi connectivity index (χ1) is 9.65. The summed E-state index contributed by atoms with van der Waals surface area (Å²) in [6.07, 6.45) is 2.12. The SMILES string of the molecule is CN1CCN(CCn2nnc(C(=O)O)c2C2CC2)CC1. The average Bonchev–Trinajstić information content (AvgIpc) is 3.18. The van der Waals surface area contributed by atoms with Gasteiger partial charge in [-0.1, -0.05) is 5.21 Å². The molecule has 1 N–H and O–H groups in total. The zero-order chi connectivity index (χ0) is 14.1. The minimum absolute atomic E-state index is 0.144. The molecule has 1 saturated heterocycles. The quantitative estimate of drug-likeness (QED) is 0.824. The molecule has 0 unspecified atom stereocenters. The van der Waals surface area contributed by atoms with Crippen molar-refractivity contribution in [3.8, 4) is 0 Å². The molecule has 2 aliphatic rings. The van der Waals surface area contributed by atoms with Gasteiger partial charge in [0.25, 0.3) is 0 Å². The van der Waals surface area contributed by atoms with Crippen molar-refractivity contribution in [1.29, 1.82) is 0 Å². The number of hydrogen-bond acceptors (Lipinski definition) is 5. The van der Waals surface area contributed by atoms with Crippen molar-refractivity contribution in [2.45, 2.75) is 25.3 Å². The second-order valence-electron chi connectivity index (χ2n) is 5.77. The van der Waals surface area contributed by atoms with E-state index in [2.05, 4.69) is 27.2 Å². The van der Waals surface area contributed by atoms with Gasteiger partial charge in [0.05, 0.1) is 12.2 Å². The fourth-order valence-electron chi connectivity index (χ4n) is 2.71. The van der Waals surface area contributed by atoms with Crippen molar-refractivity contribution in [3.63, 3.8) is 0 Å². The van der Waals surface area contributed by atoms with Crippen LogP contribution in [-0.4, -0.2) is 75.6 Å². The van der Waals surface area contributed by atoms with Gasteiger partial charge in [0.2, 0.25) is 0 Å². The van der Waals surface area contributed by atoms with E-state index in [1.807, 2.05) is 0 Å². The average molecular weight is 279 g/mol. The fourth-order valence-corrected chi connectivity index (χ4v) is 2.71. The summed E-state index contributed by atoms with van der Waals surface area (Å²) in [6, 6.07) is 0. The van der Waals surface area contributed by atoms with Crippen LogP contribution < -0.4 is 0 Å². The minimum atomic E-state index is -0.960. The van der Waals surface area contributed by atoms with E-state index in [0.717, 1.165) is 57.8 Å². The Balaban J connectivity index is 1.64. The van der Waals surface area contributed by atoms with Crippen molar-refractivity contribution in [3.05, 3.63) is 11.4 Å². The summed E-state index contributed by atoms with van der Waals surface area (Å²) in [4.78, 5) is 15.9. The second kappa shape index (κ2) is 5.49. The Morgan fingerprint density at radius 3 is 2.55 bits per heavy atom. The summed E-state index contributed by atoms with van der Waals surface area (Å²) < 4.78 is 1.80. The van der Waals surface area contributed by atoms with Crippen molar-refractivity contribution in [1.82, 2.24) is 24.8 Å². The highest BCUT2D eigenvalue weighted by Crippen LogP contribution is 2.41. The minimum Gasteiger partial charge on any atom is -0.476 e. The first-order valence-electron chi connectivity index (χ1n) is 7.22. The third-order valence-electron chi connectivity index (χ3n) is 4.16. The highest BCUT2D eigenvalue weighted by molar-refractivity contribution is 5.86. The zero-order valence-electron chi connectivity index (χ0n) is 11.8. The smallest absolute Gasteiger partial charge is 0.358 e. The number of carbonyl (C=O) groups is 1. The van der Waals surface area contributed by atoms with E-state index in [4.69, 9.17) is 5.11 Å². The Bertz CT molecular complexity index is 489. The van der Waals surface area contributed by atoms with Gasteiger partial charge in [0.15, 0.2) is 5.69 Å². The van der Waals surface area contributed by atoms with Crippen LogP contribution in [0.2, 0.25) is 0 Å². The third kappa shape index (κ3) is 2.83. The van der Waals surface area contributed by atoms with Crippen molar-refractivity contribution in [2.75, 3.05) is 39.8 Å². The summed E-state index contributed by atoms with van der Waals surface area (Å²) in [5.41, 5.74) is 0.970. The summed E-state index contributed by atoms with van der Waals surface area (Å²) in [6.45, 7) is 5.96. The van der Waals surface area contributed by atoms with Gasteiger partial charge in [0.1, 0.15) is 0 Å². The van der Waals surface area contributed by atoms with E-state index >= 15 is 0 Å². The van der Waals surface area contributed by atoms with Crippen LogP contribution in [0, 0.1) is 0 Å². The number of aromatic carboxylic acids is 1. The summed E-state index contributed by atoms with van der Waals surface area (Å²) in [7, 11) is 2.14. The van der Waals surface area contributed by atoms with Crippen LogP contribution >= 0.6 is 0 Å². The summed E-state index contributed by atoms with van der Waals surface area (Å²) in [5.74, 6) is -0.610. The molecule has 0 amide bonds. The van der Waals surface area contributed by atoms with E-state index < -0.39 is 5.97 Å². The van der Waals surface area contributed by atoms with Gasteiger partial charge in [-0.2, -0.15) is 0 Å². The van der Waals surface area contributed by atoms with Crippen LogP contribution in [0.25, 0.3) is 0 Å². The molecular weight excluding hydrogens is 258 g/mol. The molecule has 0 radical (unpaired) electrons. The van der Waals surface area contributed by atoms with Gasteiger partial charge < -0.3 is 10.0 Å². The predicted molar refractivity (Wildman–Crippen MR) is 72.9 cm³/mol. The molecule has 0 bridgehead atoms. The first-order valence-corrected chi connectivity index (χ1v) is 7.22. The van der Waals surface area contributed by atoms with Crippen molar-refractivity contribution < 1.29 is 9.90 Å². The second-order valence-corrected chi connectivity index (χ2v) is 5.77. The van der Waals surface area contributed by atoms with Gasteiger partial charge in [-0.05, 0) is 19.9 Å². The first kappa shape index (κ1) is 13.5. The number of carboxylic acid groups (broad SMARTS) is 1. The molecule has 20 heavy (non-hydrogen) atoms. The molecule has 1 aromatic heterocycles. The third-order valence-corrected chi connectivity index (χ3v) is 4.16. The van der Waals surface area contributed by atoms with Crippen molar-refractivity contribution >= 4 is 5.97 Å². The molecule has 7 heteroatoms. The van der Waals surface area contributed by atoms with E-state index in [0.29, 0.717) is 5.92 Å². The van der Waals surface area contributed by atoms with E-state index in [9.17, 15) is 4.79 Å².